The van der Waals surface area contributed by atoms with E-state index in [1.54, 1.807) is 25.3 Å². The van der Waals surface area contributed by atoms with E-state index in [-0.39, 0.29) is 0 Å². The van der Waals surface area contributed by atoms with Crippen LogP contribution in [-0.4, -0.2) is 17.8 Å². The minimum atomic E-state index is -0.826. The SMILES string of the molecule is COc1ccc(Cl)cc1C#CC1(O)CCCC1. The first kappa shape index (κ1) is 12.3. The molecule has 0 aliphatic heterocycles. The summed E-state index contributed by atoms with van der Waals surface area (Å²) in [4.78, 5) is 0. The maximum absolute atomic E-state index is 10.1. The van der Waals surface area contributed by atoms with E-state index < -0.39 is 5.60 Å². The predicted molar refractivity (Wildman–Crippen MR) is 68.3 cm³/mol. The lowest BCUT2D eigenvalue weighted by molar-refractivity contribution is 0.110. The molecule has 0 atom stereocenters. The van der Waals surface area contributed by atoms with E-state index in [2.05, 4.69) is 11.8 Å². The van der Waals surface area contributed by atoms with E-state index in [9.17, 15) is 5.11 Å². The second-order valence-corrected chi connectivity index (χ2v) is 4.77. The molecular formula is C14H15ClO2. The highest BCUT2D eigenvalue weighted by atomic mass is 35.5. The zero-order chi connectivity index (χ0) is 12.3. The van der Waals surface area contributed by atoms with Crippen molar-refractivity contribution in [3.05, 3.63) is 28.8 Å². The molecule has 0 radical (unpaired) electrons. The van der Waals surface area contributed by atoms with Crippen LogP contribution in [0, 0.1) is 11.8 Å². The van der Waals surface area contributed by atoms with Gasteiger partial charge in [-0.15, -0.1) is 0 Å². The standard InChI is InChI=1S/C14H15ClO2/c1-17-13-5-4-12(15)10-11(13)6-9-14(16)7-2-3-8-14/h4-5,10,16H,2-3,7-8H2,1H3. The van der Waals surface area contributed by atoms with Crippen LogP contribution in [0.5, 0.6) is 5.75 Å². The van der Waals surface area contributed by atoms with Gasteiger partial charge in [-0.1, -0.05) is 23.4 Å². The van der Waals surface area contributed by atoms with Gasteiger partial charge in [0.25, 0.3) is 0 Å². The molecule has 17 heavy (non-hydrogen) atoms. The summed E-state index contributed by atoms with van der Waals surface area (Å²) < 4.78 is 5.21. The summed E-state index contributed by atoms with van der Waals surface area (Å²) in [7, 11) is 1.60. The average Bonchev–Trinajstić information content (AvgIpc) is 2.74. The monoisotopic (exact) mass is 250 g/mol. The zero-order valence-electron chi connectivity index (χ0n) is 9.79. The molecule has 1 N–H and O–H groups in total. The Kier molecular flexibility index (Phi) is 3.61. The number of hydrogen-bond donors (Lipinski definition) is 1. The van der Waals surface area contributed by atoms with Gasteiger partial charge >= 0.3 is 0 Å². The summed E-state index contributed by atoms with van der Waals surface area (Å²) in [5, 5.41) is 10.8. The number of rotatable bonds is 1. The van der Waals surface area contributed by atoms with E-state index >= 15 is 0 Å². The Labute approximate surface area is 107 Å². The molecular weight excluding hydrogens is 236 g/mol. The largest absolute Gasteiger partial charge is 0.495 e. The highest BCUT2D eigenvalue weighted by molar-refractivity contribution is 6.30. The van der Waals surface area contributed by atoms with Crippen LogP contribution in [0.15, 0.2) is 18.2 Å². The van der Waals surface area contributed by atoms with Gasteiger partial charge in [0, 0.05) is 5.02 Å². The van der Waals surface area contributed by atoms with Crippen molar-refractivity contribution in [1.82, 2.24) is 0 Å². The molecule has 1 aromatic carbocycles. The third-order valence-electron chi connectivity index (χ3n) is 3.02. The van der Waals surface area contributed by atoms with Crippen LogP contribution in [0.4, 0.5) is 0 Å². The van der Waals surface area contributed by atoms with E-state index in [1.807, 2.05) is 0 Å². The van der Waals surface area contributed by atoms with Gasteiger partial charge in [0.2, 0.25) is 0 Å². The third-order valence-corrected chi connectivity index (χ3v) is 3.26. The summed E-state index contributed by atoms with van der Waals surface area (Å²) in [5.74, 6) is 6.60. The second kappa shape index (κ2) is 5.00. The summed E-state index contributed by atoms with van der Waals surface area (Å²) in [5.41, 5.74) is -0.104. The molecule has 0 bridgehead atoms. The van der Waals surface area contributed by atoms with Crippen LogP contribution in [0.3, 0.4) is 0 Å². The normalized spacial score (nSPS) is 17.4. The number of hydrogen-bond acceptors (Lipinski definition) is 2. The molecule has 0 unspecified atom stereocenters. The molecule has 0 heterocycles. The van der Waals surface area contributed by atoms with Crippen molar-refractivity contribution in [3.63, 3.8) is 0 Å². The van der Waals surface area contributed by atoms with Crippen LogP contribution < -0.4 is 4.74 Å². The highest BCUT2D eigenvalue weighted by Crippen LogP contribution is 2.29. The van der Waals surface area contributed by atoms with Crippen molar-refractivity contribution in [1.29, 1.82) is 0 Å². The van der Waals surface area contributed by atoms with Crippen molar-refractivity contribution in [2.75, 3.05) is 7.11 Å². The molecule has 1 aromatic rings. The molecule has 1 fully saturated rings. The summed E-state index contributed by atoms with van der Waals surface area (Å²) in [6.45, 7) is 0. The first-order chi connectivity index (χ1) is 8.13. The lowest BCUT2D eigenvalue weighted by atomic mass is 10.0. The first-order valence-corrected chi connectivity index (χ1v) is 6.10. The maximum atomic E-state index is 10.1. The maximum Gasteiger partial charge on any atom is 0.134 e. The van der Waals surface area contributed by atoms with Crippen molar-refractivity contribution < 1.29 is 9.84 Å². The average molecular weight is 251 g/mol. The first-order valence-electron chi connectivity index (χ1n) is 5.72. The van der Waals surface area contributed by atoms with Crippen LogP contribution >= 0.6 is 11.6 Å². The van der Waals surface area contributed by atoms with Crippen molar-refractivity contribution in [2.45, 2.75) is 31.3 Å². The third kappa shape index (κ3) is 2.94. The molecule has 90 valence electrons. The fourth-order valence-electron chi connectivity index (χ4n) is 2.05. The van der Waals surface area contributed by atoms with Crippen molar-refractivity contribution >= 4 is 11.6 Å². The smallest absolute Gasteiger partial charge is 0.134 e. The fraction of sp³-hybridized carbons (Fsp3) is 0.429. The van der Waals surface area contributed by atoms with Gasteiger partial charge in [-0.25, -0.2) is 0 Å². The highest BCUT2D eigenvalue weighted by Gasteiger charge is 2.28. The summed E-state index contributed by atoms with van der Waals surface area (Å²) in [6, 6.07) is 5.30. The minimum Gasteiger partial charge on any atom is -0.495 e. The van der Waals surface area contributed by atoms with Crippen molar-refractivity contribution in [3.8, 4) is 17.6 Å². The molecule has 0 amide bonds. The fourth-order valence-corrected chi connectivity index (χ4v) is 2.22. The molecule has 1 aliphatic carbocycles. The molecule has 1 saturated carbocycles. The molecule has 0 aromatic heterocycles. The summed E-state index contributed by atoms with van der Waals surface area (Å²) >= 11 is 5.92. The quantitative estimate of drug-likeness (QED) is 0.777. The van der Waals surface area contributed by atoms with E-state index in [0.717, 1.165) is 31.2 Å². The van der Waals surface area contributed by atoms with E-state index in [0.29, 0.717) is 10.8 Å². The van der Waals surface area contributed by atoms with Crippen molar-refractivity contribution in [2.24, 2.45) is 0 Å². The molecule has 0 spiro atoms. The van der Waals surface area contributed by atoms with E-state index in [4.69, 9.17) is 16.3 Å². The zero-order valence-corrected chi connectivity index (χ0v) is 10.5. The molecule has 3 heteroatoms. The second-order valence-electron chi connectivity index (χ2n) is 4.33. The van der Waals surface area contributed by atoms with Gasteiger partial charge in [-0.3, -0.25) is 0 Å². The van der Waals surface area contributed by atoms with Crippen LogP contribution in [0.25, 0.3) is 0 Å². The number of aliphatic hydroxyl groups is 1. The Balaban J connectivity index is 2.29. The van der Waals surface area contributed by atoms with Gasteiger partial charge in [0.15, 0.2) is 0 Å². The minimum absolute atomic E-state index is 0.619. The lowest BCUT2D eigenvalue weighted by Gasteiger charge is -2.13. The number of halogens is 1. The number of benzene rings is 1. The number of ether oxygens (including phenoxy) is 1. The molecule has 2 rings (SSSR count). The molecule has 1 aliphatic rings. The Morgan fingerprint density at radius 2 is 2.06 bits per heavy atom. The number of methoxy groups -OCH3 is 1. The lowest BCUT2D eigenvalue weighted by Crippen LogP contribution is -2.20. The van der Waals surface area contributed by atoms with Gasteiger partial charge in [0.1, 0.15) is 11.4 Å². The topological polar surface area (TPSA) is 29.5 Å². The Morgan fingerprint density at radius 3 is 2.71 bits per heavy atom. The predicted octanol–water partition coefficient (Wildman–Crippen LogP) is 3.01. The molecule has 2 nitrogen and oxygen atoms in total. The van der Waals surface area contributed by atoms with Crippen LogP contribution in [0.1, 0.15) is 31.2 Å². The Bertz CT molecular complexity index is 465. The van der Waals surface area contributed by atoms with Gasteiger partial charge in [0.05, 0.1) is 12.7 Å². The molecule has 0 saturated heterocycles. The Morgan fingerprint density at radius 1 is 1.35 bits per heavy atom. The van der Waals surface area contributed by atoms with Gasteiger partial charge < -0.3 is 9.84 Å². The van der Waals surface area contributed by atoms with Gasteiger partial charge in [-0.2, -0.15) is 0 Å². The van der Waals surface area contributed by atoms with Crippen LogP contribution in [0.2, 0.25) is 5.02 Å². The summed E-state index contributed by atoms with van der Waals surface area (Å²) in [6.07, 6.45) is 3.58. The Hall–Kier alpha value is -1.17. The van der Waals surface area contributed by atoms with E-state index in [1.165, 1.54) is 0 Å². The van der Waals surface area contributed by atoms with Crippen LogP contribution in [-0.2, 0) is 0 Å². The van der Waals surface area contributed by atoms with Gasteiger partial charge in [-0.05, 0) is 43.9 Å².